The van der Waals surface area contributed by atoms with Gasteiger partial charge in [-0.05, 0) is 25.0 Å². The fraction of sp³-hybridized carbons (Fsp3) is 0.455. The van der Waals surface area contributed by atoms with Crippen LogP contribution in [0, 0.1) is 0 Å². The molecular formula is C11H14N4O. The molecule has 3 heterocycles. The summed E-state index contributed by atoms with van der Waals surface area (Å²) in [6.07, 6.45) is 3.81. The van der Waals surface area contributed by atoms with E-state index in [9.17, 15) is 0 Å². The van der Waals surface area contributed by atoms with Crippen molar-refractivity contribution in [3.8, 4) is 0 Å². The summed E-state index contributed by atoms with van der Waals surface area (Å²) in [5.74, 6) is 1.34. The molecule has 0 spiro atoms. The van der Waals surface area contributed by atoms with Gasteiger partial charge in [0.2, 0.25) is 0 Å². The fourth-order valence-electron chi connectivity index (χ4n) is 2.04. The minimum absolute atomic E-state index is 0.426. The molecular weight excluding hydrogens is 204 g/mol. The van der Waals surface area contributed by atoms with E-state index in [4.69, 9.17) is 10.5 Å². The molecule has 0 aliphatic carbocycles. The molecule has 1 saturated heterocycles. The minimum Gasteiger partial charge on any atom is -0.397 e. The van der Waals surface area contributed by atoms with Crippen molar-refractivity contribution in [3.63, 3.8) is 0 Å². The molecule has 2 N–H and O–H groups in total. The molecule has 0 aromatic carbocycles. The van der Waals surface area contributed by atoms with Gasteiger partial charge >= 0.3 is 0 Å². The third kappa shape index (κ3) is 1.63. The first-order chi connectivity index (χ1) is 7.83. The molecule has 5 heteroatoms. The van der Waals surface area contributed by atoms with E-state index in [2.05, 4.69) is 10.1 Å². The summed E-state index contributed by atoms with van der Waals surface area (Å²) in [5, 5.41) is 4.47. The fourth-order valence-corrected chi connectivity index (χ4v) is 2.04. The molecule has 1 aliphatic rings. The van der Waals surface area contributed by atoms with E-state index in [1.54, 1.807) is 10.7 Å². The highest BCUT2D eigenvalue weighted by Gasteiger charge is 2.20. The molecule has 0 bridgehead atoms. The van der Waals surface area contributed by atoms with E-state index in [-0.39, 0.29) is 0 Å². The summed E-state index contributed by atoms with van der Waals surface area (Å²) >= 11 is 0. The normalized spacial score (nSPS) is 18.0. The van der Waals surface area contributed by atoms with Gasteiger partial charge in [-0.1, -0.05) is 0 Å². The largest absolute Gasteiger partial charge is 0.397 e. The Morgan fingerprint density at radius 3 is 2.94 bits per heavy atom. The predicted molar refractivity (Wildman–Crippen MR) is 60.2 cm³/mol. The van der Waals surface area contributed by atoms with Gasteiger partial charge in [0.05, 0.1) is 11.9 Å². The van der Waals surface area contributed by atoms with Crippen LogP contribution in [0.2, 0.25) is 0 Å². The van der Waals surface area contributed by atoms with Gasteiger partial charge in [-0.15, -0.1) is 0 Å². The van der Waals surface area contributed by atoms with Crippen molar-refractivity contribution in [1.29, 1.82) is 0 Å². The summed E-state index contributed by atoms with van der Waals surface area (Å²) in [6, 6.07) is 3.74. The number of hydrogen-bond donors (Lipinski definition) is 1. The highest BCUT2D eigenvalue weighted by Crippen LogP contribution is 2.24. The SMILES string of the molecule is Nc1ccc2nc(C3CCOCC3)nn2c1. The minimum atomic E-state index is 0.426. The maximum absolute atomic E-state index is 5.70. The van der Waals surface area contributed by atoms with Gasteiger partial charge in [0.25, 0.3) is 0 Å². The summed E-state index contributed by atoms with van der Waals surface area (Å²) < 4.78 is 7.08. The highest BCUT2D eigenvalue weighted by atomic mass is 16.5. The number of nitrogens with two attached hydrogens (primary N) is 1. The highest BCUT2D eigenvalue weighted by molar-refractivity contribution is 5.46. The molecule has 1 fully saturated rings. The lowest BCUT2D eigenvalue weighted by Crippen LogP contribution is -2.15. The first-order valence-corrected chi connectivity index (χ1v) is 5.52. The van der Waals surface area contributed by atoms with Crippen molar-refractivity contribution < 1.29 is 4.74 Å². The number of hydrogen-bond acceptors (Lipinski definition) is 4. The van der Waals surface area contributed by atoms with Gasteiger partial charge in [0.15, 0.2) is 11.5 Å². The Kier molecular flexibility index (Phi) is 2.25. The molecule has 5 nitrogen and oxygen atoms in total. The lowest BCUT2D eigenvalue weighted by molar-refractivity contribution is 0.0836. The second kappa shape index (κ2) is 3.75. The maximum Gasteiger partial charge on any atom is 0.155 e. The molecule has 0 amide bonds. The van der Waals surface area contributed by atoms with Crippen LogP contribution in [-0.4, -0.2) is 27.8 Å². The zero-order valence-electron chi connectivity index (χ0n) is 8.97. The van der Waals surface area contributed by atoms with Crippen LogP contribution in [0.25, 0.3) is 5.65 Å². The van der Waals surface area contributed by atoms with Crippen LogP contribution in [-0.2, 0) is 4.74 Å². The predicted octanol–water partition coefficient (Wildman–Crippen LogP) is 1.21. The van der Waals surface area contributed by atoms with Crippen LogP contribution < -0.4 is 5.73 Å². The molecule has 3 rings (SSSR count). The average molecular weight is 218 g/mol. The van der Waals surface area contributed by atoms with Crippen LogP contribution in [0.3, 0.4) is 0 Å². The Morgan fingerprint density at radius 1 is 1.31 bits per heavy atom. The smallest absolute Gasteiger partial charge is 0.155 e. The van der Waals surface area contributed by atoms with Crippen LogP contribution in [0.15, 0.2) is 18.3 Å². The quantitative estimate of drug-likeness (QED) is 0.781. The monoisotopic (exact) mass is 218 g/mol. The standard InChI is InChI=1S/C11H14N4O/c12-9-1-2-10-13-11(14-15(10)7-9)8-3-5-16-6-4-8/h1-2,7-8H,3-6,12H2. The Morgan fingerprint density at radius 2 is 2.12 bits per heavy atom. The van der Waals surface area contributed by atoms with E-state index in [1.165, 1.54) is 0 Å². The van der Waals surface area contributed by atoms with Crippen molar-refractivity contribution in [1.82, 2.24) is 14.6 Å². The van der Waals surface area contributed by atoms with Gasteiger partial charge in [-0.25, -0.2) is 9.50 Å². The van der Waals surface area contributed by atoms with Crippen molar-refractivity contribution in [2.45, 2.75) is 18.8 Å². The van der Waals surface area contributed by atoms with Crippen LogP contribution in [0.5, 0.6) is 0 Å². The van der Waals surface area contributed by atoms with Crippen LogP contribution >= 0.6 is 0 Å². The Labute approximate surface area is 93.2 Å². The lowest BCUT2D eigenvalue weighted by Gasteiger charge is -2.18. The zero-order valence-corrected chi connectivity index (χ0v) is 8.97. The molecule has 0 saturated carbocycles. The molecule has 84 valence electrons. The number of rotatable bonds is 1. The van der Waals surface area contributed by atoms with Crippen molar-refractivity contribution in [2.24, 2.45) is 0 Å². The Hall–Kier alpha value is -1.62. The molecule has 2 aromatic rings. The number of nitrogen functional groups attached to an aromatic ring is 1. The van der Waals surface area contributed by atoms with Crippen LogP contribution in [0.4, 0.5) is 5.69 Å². The average Bonchev–Trinajstić information content (AvgIpc) is 2.73. The third-order valence-corrected chi connectivity index (χ3v) is 2.96. The Balaban J connectivity index is 1.97. The second-order valence-electron chi connectivity index (χ2n) is 4.12. The van der Waals surface area contributed by atoms with Gasteiger partial charge in [-0.3, -0.25) is 0 Å². The lowest BCUT2D eigenvalue weighted by atomic mass is 10.00. The van der Waals surface area contributed by atoms with E-state index >= 15 is 0 Å². The van der Waals surface area contributed by atoms with Crippen molar-refractivity contribution in [3.05, 3.63) is 24.2 Å². The number of fused-ring (bicyclic) bond motifs is 1. The molecule has 0 radical (unpaired) electrons. The molecule has 0 atom stereocenters. The van der Waals surface area contributed by atoms with Crippen LogP contribution in [0.1, 0.15) is 24.6 Å². The summed E-state index contributed by atoms with van der Waals surface area (Å²) in [4.78, 5) is 4.52. The number of ether oxygens (including phenoxy) is 1. The van der Waals surface area contributed by atoms with Gasteiger partial charge in [0.1, 0.15) is 0 Å². The summed E-state index contributed by atoms with van der Waals surface area (Å²) in [6.45, 7) is 1.62. The van der Waals surface area contributed by atoms with E-state index in [0.717, 1.165) is 37.5 Å². The van der Waals surface area contributed by atoms with E-state index in [0.29, 0.717) is 11.6 Å². The van der Waals surface area contributed by atoms with Gasteiger partial charge < -0.3 is 10.5 Å². The molecule has 16 heavy (non-hydrogen) atoms. The number of aromatic nitrogens is 3. The summed E-state index contributed by atoms with van der Waals surface area (Å²) in [5.41, 5.74) is 7.26. The Bertz CT molecular complexity index is 502. The second-order valence-corrected chi connectivity index (χ2v) is 4.12. The van der Waals surface area contributed by atoms with Gasteiger partial charge in [0, 0.05) is 19.1 Å². The van der Waals surface area contributed by atoms with Gasteiger partial charge in [-0.2, -0.15) is 5.10 Å². The topological polar surface area (TPSA) is 65.4 Å². The van der Waals surface area contributed by atoms with Crippen molar-refractivity contribution >= 4 is 11.3 Å². The van der Waals surface area contributed by atoms with E-state index in [1.807, 2.05) is 12.1 Å². The van der Waals surface area contributed by atoms with E-state index < -0.39 is 0 Å². The maximum atomic E-state index is 5.70. The number of nitrogens with zero attached hydrogens (tertiary/aromatic N) is 3. The summed E-state index contributed by atoms with van der Waals surface area (Å²) in [7, 11) is 0. The molecule has 2 aromatic heterocycles. The number of pyridine rings is 1. The first kappa shape index (κ1) is 9.59. The zero-order chi connectivity index (χ0) is 11.0. The van der Waals surface area contributed by atoms with Crippen molar-refractivity contribution in [2.75, 3.05) is 18.9 Å². The first-order valence-electron chi connectivity index (χ1n) is 5.52. The molecule has 1 aliphatic heterocycles. The third-order valence-electron chi connectivity index (χ3n) is 2.96. The number of anilines is 1. The molecule has 0 unspecified atom stereocenters.